The summed E-state index contributed by atoms with van der Waals surface area (Å²) >= 11 is 5.75. The SMILES string of the molecule is O=S(=O)(c1ccnc(Cl)c1)N1CCCCCCC1. The normalized spacial score (nSPS) is 19.2. The summed E-state index contributed by atoms with van der Waals surface area (Å²) in [6.45, 7) is 1.20. The maximum Gasteiger partial charge on any atom is 0.243 e. The lowest BCUT2D eigenvalue weighted by molar-refractivity contribution is 0.364. The molecule has 0 unspecified atom stereocenters. The maximum absolute atomic E-state index is 12.4. The molecule has 1 aromatic heterocycles. The van der Waals surface area contributed by atoms with E-state index >= 15 is 0 Å². The summed E-state index contributed by atoms with van der Waals surface area (Å²) in [7, 11) is -3.42. The van der Waals surface area contributed by atoms with E-state index in [9.17, 15) is 8.42 Å². The third kappa shape index (κ3) is 3.22. The van der Waals surface area contributed by atoms with Crippen LogP contribution >= 0.6 is 11.6 Å². The number of aromatic nitrogens is 1. The molecule has 0 N–H and O–H groups in total. The Morgan fingerprint density at radius 2 is 1.72 bits per heavy atom. The molecule has 0 saturated carbocycles. The highest BCUT2D eigenvalue weighted by molar-refractivity contribution is 7.89. The fourth-order valence-electron chi connectivity index (χ4n) is 2.15. The van der Waals surface area contributed by atoms with Gasteiger partial charge in [-0.25, -0.2) is 13.4 Å². The van der Waals surface area contributed by atoms with Gasteiger partial charge in [-0.1, -0.05) is 30.9 Å². The van der Waals surface area contributed by atoms with Crippen LogP contribution in [0.3, 0.4) is 0 Å². The average molecular weight is 289 g/mol. The maximum atomic E-state index is 12.4. The number of rotatable bonds is 2. The first-order valence-electron chi connectivity index (χ1n) is 6.22. The Hall–Kier alpha value is -0.650. The fraction of sp³-hybridized carbons (Fsp3) is 0.583. The smallest absolute Gasteiger partial charge is 0.243 e. The first-order chi connectivity index (χ1) is 8.60. The van der Waals surface area contributed by atoms with Crippen LogP contribution in [0, 0.1) is 0 Å². The standard InChI is InChI=1S/C12H17ClN2O2S/c13-12-10-11(6-7-14-12)18(16,17)15-8-4-2-1-3-5-9-15/h6-7,10H,1-5,8-9H2. The summed E-state index contributed by atoms with van der Waals surface area (Å²) in [5.41, 5.74) is 0. The summed E-state index contributed by atoms with van der Waals surface area (Å²) in [6.07, 6.45) is 6.69. The van der Waals surface area contributed by atoms with Crippen LogP contribution in [-0.2, 0) is 10.0 Å². The highest BCUT2D eigenvalue weighted by Gasteiger charge is 2.24. The Bertz CT molecular complexity index is 497. The molecule has 1 saturated heterocycles. The van der Waals surface area contributed by atoms with Gasteiger partial charge in [0, 0.05) is 19.3 Å². The van der Waals surface area contributed by atoms with Crippen LogP contribution in [0.15, 0.2) is 23.2 Å². The van der Waals surface area contributed by atoms with Crippen molar-refractivity contribution >= 4 is 21.6 Å². The highest BCUT2D eigenvalue weighted by atomic mass is 35.5. The van der Waals surface area contributed by atoms with E-state index < -0.39 is 10.0 Å². The first kappa shape index (κ1) is 13.8. The van der Waals surface area contributed by atoms with Crippen molar-refractivity contribution in [2.45, 2.75) is 37.0 Å². The summed E-state index contributed by atoms with van der Waals surface area (Å²) in [5, 5.41) is 0.211. The summed E-state index contributed by atoms with van der Waals surface area (Å²) < 4.78 is 26.5. The number of sulfonamides is 1. The molecule has 100 valence electrons. The molecule has 1 aromatic rings. The molecule has 1 aliphatic heterocycles. The van der Waals surface area contributed by atoms with Gasteiger partial charge in [-0.3, -0.25) is 0 Å². The molecule has 0 atom stereocenters. The van der Waals surface area contributed by atoms with Crippen LogP contribution in [0.25, 0.3) is 0 Å². The number of halogens is 1. The molecular formula is C12H17ClN2O2S. The van der Waals surface area contributed by atoms with Crippen LogP contribution in [0.5, 0.6) is 0 Å². The Morgan fingerprint density at radius 3 is 2.33 bits per heavy atom. The zero-order valence-corrected chi connectivity index (χ0v) is 11.8. The summed E-state index contributed by atoms with van der Waals surface area (Å²) in [4.78, 5) is 4.05. The fourth-order valence-corrected chi connectivity index (χ4v) is 3.92. The number of hydrogen-bond acceptors (Lipinski definition) is 3. The van der Waals surface area contributed by atoms with Gasteiger partial charge in [0.2, 0.25) is 10.0 Å². The van der Waals surface area contributed by atoms with E-state index in [4.69, 9.17) is 11.6 Å². The van der Waals surface area contributed by atoms with E-state index in [1.54, 1.807) is 4.31 Å². The van der Waals surface area contributed by atoms with Gasteiger partial charge in [-0.2, -0.15) is 4.31 Å². The Labute approximate surface area is 113 Å². The Kier molecular flexibility index (Phi) is 4.59. The van der Waals surface area contributed by atoms with E-state index in [0.717, 1.165) is 25.7 Å². The summed E-state index contributed by atoms with van der Waals surface area (Å²) in [5.74, 6) is 0. The molecule has 1 aliphatic rings. The zero-order valence-electron chi connectivity index (χ0n) is 10.2. The van der Waals surface area contributed by atoms with Crippen molar-refractivity contribution in [1.82, 2.24) is 9.29 Å². The van der Waals surface area contributed by atoms with Crippen molar-refractivity contribution in [3.8, 4) is 0 Å². The van der Waals surface area contributed by atoms with E-state index in [-0.39, 0.29) is 10.0 Å². The van der Waals surface area contributed by atoms with Gasteiger partial charge < -0.3 is 0 Å². The molecule has 2 rings (SSSR count). The number of nitrogens with zero attached hydrogens (tertiary/aromatic N) is 2. The predicted molar refractivity (Wildman–Crippen MR) is 71.1 cm³/mol. The van der Waals surface area contributed by atoms with Crippen molar-refractivity contribution in [3.05, 3.63) is 23.5 Å². The Morgan fingerprint density at radius 1 is 1.11 bits per heavy atom. The van der Waals surface area contributed by atoms with Crippen LogP contribution in [0.1, 0.15) is 32.1 Å². The summed E-state index contributed by atoms with van der Waals surface area (Å²) in [6, 6.07) is 2.91. The Balaban J connectivity index is 2.23. The zero-order chi connectivity index (χ0) is 13.0. The van der Waals surface area contributed by atoms with Crippen molar-refractivity contribution < 1.29 is 8.42 Å². The molecule has 0 aromatic carbocycles. The lowest BCUT2D eigenvalue weighted by atomic mass is 10.1. The second-order valence-corrected chi connectivity index (χ2v) is 6.81. The van der Waals surface area contributed by atoms with E-state index in [1.165, 1.54) is 24.8 Å². The molecule has 1 fully saturated rings. The molecule has 4 nitrogen and oxygen atoms in total. The number of hydrogen-bond donors (Lipinski definition) is 0. The molecule has 0 radical (unpaired) electrons. The van der Waals surface area contributed by atoms with Crippen molar-refractivity contribution in [3.63, 3.8) is 0 Å². The van der Waals surface area contributed by atoms with Gasteiger partial charge in [0.25, 0.3) is 0 Å². The monoisotopic (exact) mass is 288 g/mol. The third-order valence-electron chi connectivity index (χ3n) is 3.15. The van der Waals surface area contributed by atoms with Crippen molar-refractivity contribution in [1.29, 1.82) is 0 Å². The van der Waals surface area contributed by atoms with E-state index in [0.29, 0.717) is 13.1 Å². The average Bonchev–Trinajstić information content (AvgIpc) is 2.27. The van der Waals surface area contributed by atoms with Gasteiger partial charge in [-0.05, 0) is 25.0 Å². The van der Waals surface area contributed by atoms with Crippen LogP contribution < -0.4 is 0 Å². The van der Waals surface area contributed by atoms with Crippen molar-refractivity contribution in [2.75, 3.05) is 13.1 Å². The molecule has 0 aliphatic carbocycles. The molecule has 2 heterocycles. The second kappa shape index (κ2) is 5.99. The van der Waals surface area contributed by atoms with Gasteiger partial charge >= 0.3 is 0 Å². The minimum absolute atomic E-state index is 0.211. The van der Waals surface area contributed by atoms with Crippen LogP contribution in [-0.4, -0.2) is 30.8 Å². The van der Waals surface area contributed by atoms with E-state index in [2.05, 4.69) is 4.98 Å². The van der Waals surface area contributed by atoms with Gasteiger partial charge in [0.1, 0.15) is 5.15 Å². The molecule has 6 heteroatoms. The van der Waals surface area contributed by atoms with Crippen LogP contribution in [0.4, 0.5) is 0 Å². The second-order valence-electron chi connectivity index (χ2n) is 4.49. The molecule has 0 spiro atoms. The van der Waals surface area contributed by atoms with Crippen molar-refractivity contribution in [2.24, 2.45) is 0 Å². The van der Waals surface area contributed by atoms with Gasteiger partial charge in [0.05, 0.1) is 4.90 Å². The third-order valence-corrected chi connectivity index (χ3v) is 5.25. The van der Waals surface area contributed by atoms with E-state index in [1.807, 2.05) is 0 Å². The minimum Gasteiger partial charge on any atom is -0.244 e. The van der Waals surface area contributed by atoms with Gasteiger partial charge in [0.15, 0.2) is 0 Å². The molecule has 0 amide bonds. The molecule has 18 heavy (non-hydrogen) atoms. The molecular weight excluding hydrogens is 272 g/mol. The van der Waals surface area contributed by atoms with Gasteiger partial charge in [-0.15, -0.1) is 0 Å². The predicted octanol–water partition coefficient (Wildman–Crippen LogP) is 2.69. The lowest BCUT2D eigenvalue weighted by Crippen LogP contribution is -2.33. The highest BCUT2D eigenvalue weighted by Crippen LogP contribution is 2.21. The van der Waals surface area contributed by atoms with Crippen LogP contribution in [0.2, 0.25) is 5.15 Å². The molecule has 0 bridgehead atoms. The number of pyridine rings is 1. The quantitative estimate of drug-likeness (QED) is 0.786. The topological polar surface area (TPSA) is 50.3 Å². The largest absolute Gasteiger partial charge is 0.244 e. The lowest BCUT2D eigenvalue weighted by Gasteiger charge is -2.24. The first-order valence-corrected chi connectivity index (χ1v) is 8.04. The minimum atomic E-state index is -3.42.